The van der Waals surface area contributed by atoms with Gasteiger partial charge in [0.25, 0.3) is 0 Å². The van der Waals surface area contributed by atoms with Crippen LogP contribution in [0.4, 0.5) is 0 Å². The molecule has 3 nitrogen and oxygen atoms in total. The first kappa shape index (κ1) is 15.7. The van der Waals surface area contributed by atoms with Crippen LogP contribution in [-0.4, -0.2) is 23.2 Å². The van der Waals surface area contributed by atoms with Crippen LogP contribution in [0.1, 0.15) is 58.3 Å². The molecule has 18 heavy (non-hydrogen) atoms. The van der Waals surface area contributed by atoms with E-state index in [1.165, 1.54) is 32.1 Å². The zero-order chi connectivity index (χ0) is 13.4. The molecule has 3 atom stereocenters. The molecule has 0 spiro atoms. The fourth-order valence-electron chi connectivity index (χ4n) is 2.72. The Kier molecular flexibility index (Phi) is 7.63. The number of allylic oxidation sites excluding steroid dienone is 1. The highest BCUT2D eigenvalue weighted by atomic mass is 16.4. The van der Waals surface area contributed by atoms with E-state index in [2.05, 4.69) is 19.1 Å². The molecule has 104 valence electrons. The first-order valence-electron chi connectivity index (χ1n) is 7.41. The van der Waals surface area contributed by atoms with Crippen LogP contribution in [0.25, 0.3) is 0 Å². The molecule has 4 heteroatoms. The number of hydrogen-bond acceptors (Lipinski definition) is 3. The van der Waals surface area contributed by atoms with Crippen LogP contribution in [0.2, 0.25) is 5.82 Å². The van der Waals surface area contributed by atoms with Crippen molar-refractivity contribution >= 4 is 7.12 Å². The summed E-state index contributed by atoms with van der Waals surface area (Å²) in [6.07, 6.45) is 13.6. The molecule has 0 bridgehead atoms. The quantitative estimate of drug-likeness (QED) is 0.497. The van der Waals surface area contributed by atoms with Crippen molar-refractivity contribution in [3.8, 4) is 0 Å². The minimum atomic E-state index is -1.29. The number of hydrogen-bond donors (Lipinski definition) is 3. The average Bonchev–Trinajstić information content (AvgIpc) is 2.35. The fraction of sp³-hybridized carbons (Fsp3) is 0.857. The highest BCUT2D eigenvalue weighted by Gasteiger charge is 2.31. The van der Waals surface area contributed by atoms with Crippen molar-refractivity contribution in [2.45, 2.75) is 70.1 Å². The third kappa shape index (κ3) is 5.55. The van der Waals surface area contributed by atoms with Crippen LogP contribution in [-0.2, 0) is 0 Å². The molecule has 0 aliphatic heterocycles. The molecular formula is C14H28BNO2. The van der Waals surface area contributed by atoms with Crippen molar-refractivity contribution in [3.63, 3.8) is 0 Å². The van der Waals surface area contributed by atoms with Gasteiger partial charge in [-0.2, -0.15) is 0 Å². The van der Waals surface area contributed by atoms with Gasteiger partial charge in [-0.05, 0) is 18.8 Å². The van der Waals surface area contributed by atoms with Crippen LogP contribution in [0.5, 0.6) is 0 Å². The number of nitrogens with two attached hydrogens (primary N) is 1. The van der Waals surface area contributed by atoms with Gasteiger partial charge in [-0.1, -0.05) is 57.6 Å². The lowest BCUT2D eigenvalue weighted by Crippen LogP contribution is -2.40. The highest BCUT2D eigenvalue weighted by Crippen LogP contribution is 2.26. The Balaban J connectivity index is 2.61. The van der Waals surface area contributed by atoms with E-state index in [-0.39, 0.29) is 17.8 Å². The van der Waals surface area contributed by atoms with Crippen LogP contribution in [0.3, 0.4) is 0 Å². The third-order valence-electron chi connectivity index (χ3n) is 4.08. The predicted molar refractivity (Wildman–Crippen MR) is 77.2 cm³/mol. The van der Waals surface area contributed by atoms with Gasteiger partial charge in [0.1, 0.15) is 0 Å². The summed E-state index contributed by atoms with van der Waals surface area (Å²) < 4.78 is 0. The monoisotopic (exact) mass is 253 g/mol. The van der Waals surface area contributed by atoms with Crippen molar-refractivity contribution in [1.29, 1.82) is 0 Å². The van der Waals surface area contributed by atoms with Crippen LogP contribution < -0.4 is 5.73 Å². The van der Waals surface area contributed by atoms with E-state index in [9.17, 15) is 10.0 Å². The number of rotatable bonds is 1. The first-order chi connectivity index (χ1) is 8.63. The first-order valence-corrected chi connectivity index (χ1v) is 7.41. The molecule has 0 aromatic carbocycles. The zero-order valence-corrected chi connectivity index (χ0v) is 11.6. The van der Waals surface area contributed by atoms with Gasteiger partial charge in [0.2, 0.25) is 0 Å². The van der Waals surface area contributed by atoms with Gasteiger partial charge in [-0.15, -0.1) is 0 Å². The van der Waals surface area contributed by atoms with Gasteiger partial charge < -0.3 is 15.8 Å². The average molecular weight is 253 g/mol. The maximum absolute atomic E-state index is 9.48. The lowest BCUT2D eigenvalue weighted by atomic mass is 9.63. The van der Waals surface area contributed by atoms with Crippen molar-refractivity contribution < 1.29 is 10.0 Å². The fourth-order valence-corrected chi connectivity index (χ4v) is 2.72. The summed E-state index contributed by atoms with van der Waals surface area (Å²) >= 11 is 0. The molecule has 0 amide bonds. The molecule has 0 heterocycles. The van der Waals surface area contributed by atoms with Gasteiger partial charge >= 0.3 is 7.12 Å². The van der Waals surface area contributed by atoms with Crippen LogP contribution in [0, 0.1) is 5.92 Å². The molecule has 0 saturated heterocycles. The SMILES string of the molecule is CC1/C=C\CCCCCCCCC(B(O)O)C1N. The smallest absolute Gasteiger partial charge is 0.427 e. The van der Waals surface area contributed by atoms with Crippen LogP contribution in [0.15, 0.2) is 12.2 Å². The van der Waals surface area contributed by atoms with E-state index in [1.807, 2.05) is 0 Å². The Hall–Kier alpha value is -0.315. The Morgan fingerprint density at radius 1 is 1.06 bits per heavy atom. The van der Waals surface area contributed by atoms with E-state index in [0.717, 1.165) is 19.3 Å². The molecule has 1 aliphatic rings. The summed E-state index contributed by atoms with van der Waals surface area (Å²) in [6, 6.07) is -0.165. The molecule has 0 fully saturated rings. The lowest BCUT2D eigenvalue weighted by molar-refractivity contribution is 0.341. The summed E-state index contributed by atoms with van der Waals surface area (Å²) in [5.74, 6) is 0.00274. The standard InChI is InChI=1S/C14H28BNO2/c1-12-10-8-6-4-2-3-5-7-9-11-13(14(12)16)15(17)18/h8,10,12-14,17-18H,2-7,9,11,16H2,1H3/b10-8-. The van der Waals surface area contributed by atoms with Crippen molar-refractivity contribution in [2.24, 2.45) is 11.7 Å². The van der Waals surface area contributed by atoms with Crippen molar-refractivity contribution in [1.82, 2.24) is 0 Å². The topological polar surface area (TPSA) is 66.5 Å². The Morgan fingerprint density at radius 3 is 2.33 bits per heavy atom. The van der Waals surface area contributed by atoms with E-state index in [1.54, 1.807) is 0 Å². The summed E-state index contributed by atoms with van der Waals surface area (Å²) in [4.78, 5) is 0. The second kappa shape index (κ2) is 8.73. The largest absolute Gasteiger partial charge is 0.456 e. The molecule has 0 radical (unpaired) electrons. The van der Waals surface area contributed by atoms with Crippen molar-refractivity contribution in [2.75, 3.05) is 0 Å². The van der Waals surface area contributed by atoms with Crippen molar-refractivity contribution in [3.05, 3.63) is 12.2 Å². The molecule has 3 unspecified atom stereocenters. The van der Waals surface area contributed by atoms with E-state index >= 15 is 0 Å². The van der Waals surface area contributed by atoms with Crippen LogP contribution >= 0.6 is 0 Å². The second-order valence-electron chi connectivity index (χ2n) is 5.64. The summed E-state index contributed by atoms with van der Waals surface area (Å²) in [6.45, 7) is 2.07. The molecule has 1 aliphatic carbocycles. The summed E-state index contributed by atoms with van der Waals surface area (Å²) in [7, 11) is -1.29. The van der Waals surface area contributed by atoms with E-state index < -0.39 is 7.12 Å². The molecule has 0 saturated carbocycles. The molecule has 4 N–H and O–H groups in total. The van der Waals surface area contributed by atoms with E-state index in [0.29, 0.717) is 0 Å². The predicted octanol–water partition coefficient (Wildman–Crippen LogP) is 2.48. The van der Waals surface area contributed by atoms with E-state index in [4.69, 9.17) is 5.73 Å². The van der Waals surface area contributed by atoms with Gasteiger partial charge in [0, 0.05) is 11.9 Å². The second-order valence-corrected chi connectivity index (χ2v) is 5.64. The van der Waals surface area contributed by atoms with Gasteiger partial charge in [0.15, 0.2) is 0 Å². The van der Waals surface area contributed by atoms with Gasteiger partial charge in [-0.3, -0.25) is 0 Å². The summed E-state index contributed by atoms with van der Waals surface area (Å²) in [5.41, 5.74) is 6.17. The Labute approximate surface area is 112 Å². The maximum Gasteiger partial charge on any atom is 0.456 e. The van der Waals surface area contributed by atoms with Gasteiger partial charge in [0.05, 0.1) is 0 Å². The summed E-state index contributed by atoms with van der Waals surface area (Å²) in [5, 5.41) is 19.0. The minimum Gasteiger partial charge on any atom is -0.427 e. The minimum absolute atomic E-state index is 0.165. The Morgan fingerprint density at radius 2 is 1.67 bits per heavy atom. The zero-order valence-electron chi connectivity index (χ0n) is 11.6. The normalized spacial score (nSPS) is 33.9. The molecule has 1 rings (SSSR count). The molecular weight excluding hydrogens is 225 g/mol. The lowest BCUT2D eigenvalue weighted by Gasteiger charge is -2.26. The highest BCUT2D eigenvalue weighted by molar-refractivity contribution is 6.43. The molecule has 0 aromatic heterocycles. The third-order valence-corrected chi connectivity index (χ3v) is 4.08. The Bertz CT molecular complexity index is 246. The molecule has 0 aromatic rings. The maximum atomic E-state index is 9.48. The van der Waals surface area contributed by atoms with Gasteiger partial charge in [-0.25, -0.2) is 0 Å².